The lowest BCUT2D eigenvalue weighted by Gasteiger charge is -2.16. The molecule has 10 heteroatoms. The molecule has 0 saturated heterocycles. The number of hydrogen-bond donors (Lipinski definition) is 4. The lowest BCUT2D eigenvalue weighted by Crippen LogP contribution is -2.21. The maximum absolute atomic E-state index is 11.3. The van der Waals surface area contributed by atoms with Crippen LogP contribution in [0.25, 0.3) is 0 Å². The van der Waals surface area contributed by atoms with E-state index in [2.05, 4.69) is 5.32 Å². The van der Waals surface area contributed by atoms with Crippen LogP contribution in [-0.2, 0) is 9.59 Å². The number of halogens is 3. The fourth-order valence-electron chi connectivity index (χ4n) is 2.67. The Labute approximate surface area is 191 Å². The monoisotopic (exact) mass is 481 g/mol. The number of rotatable bonds is 5. The second kappa shape index (κ2) is 9.45. The zero-order valence-electron chi connectivity index (χ0n) is 15.5. The van der Waals surface area contributed by atoms with Crippen LogP contribution in [0.3, 0.4) is 0 Å². The quantitative estimate of drug-likeness (QED) is 0.369. The highest BCUT2D eigenvalue weighted by Crippen LogP contribution is 2.40. The summed E-state index contributed by atoms with van der Waals surface area (Å²) in [6, 6.07) is 13.2. The van der Waals surface area contributed by atoms with Crippen LogP contribution < -0.4 is 10.1 Å². The van der Waals surface area contributed by atoms with Crippen molar-refractivity contribution in [3.8, 4) is 17.2 Å². The molecular weight excluding hydrogens is 469 g/mol. The first kappa shape index (κ1) is 22.7. The summed E-state index contributed by atoms with van der Waals surface area (Å²) in [7, 11) is 0. The van der Waals surface area contributed by atoms with Gasteiger partial charge in [0.1, 0.15) is 17.6 Å². The molecule has 0 fully saturated rings. The fraction of sp³-hybridized carbons (Fsp3) is 0.0476. The maximum atomic E-state index is 11.3. The molecule has 160 valence electrons. The van der Waals surface area contributed by atoms with E-state index in [9.17, 15) is 19.8 Å². The topological polar surface area (TPSA) is 116 Å². The van der Waals surface area contributed by atoms with Crippen LogP contribution in [-0.4, -0.2) is 27.2 Å². The van der Waals surface area contributed by atoms with Crippen molar-refractivity contribution in [2.45, 2.75) is 6.10 Å². The number of nitrogens with one attached hydrogen (secondary N) is 1. The summed E-state index contributed by atoms with van der Waals surface area (Å²) in [6.45, 7) is 0. The van der Waals surface area contributed by atoms with E-state index in [-0.39, 0.29) is 38.5 Å². The average molecular weight is 483 g/mol. The number of phenolic OH excluding ortho intramolecular Hbond substituents is 1. The van der Waals surface area contributed by atoms with Crippen molar-refractivity contribution < 1.29 is 29.6 Å². The van der Waals surface area contributed by atoms with Gasteiger partial charge in [-0.1, -0.05) is 46.9 Å². The van der Waals surface area contributed by atoms with E-state index in [0.717, 1.165) is 0 Å². The number of carboxylic acid groups (broad SMARTS) is 1. The summed E-state index contributed by atoms with van der Waals surface area (Å²) in [5, 5.41) is 32.1. The second-order valence-electron chi connectivity index (χ2n) is 6.31. The highest BCUT2D eigenvalue weighted by Gasteiger charge is 2.19. The summed E-state index contributed by atoms with van der Waals surface area (Å²) in [5.74, 6) is -2.82. The van der Waals surface area contributed by atoms with Crippen molar-refractivity contribution in [2.75, 3.05) is 5.32 Å². The van der Waals surface area contributed by atoms with Crippen molar-refractivity contribution >= 4 is 52.4 Å². The molecule has 0 aromatic heterocycles. The number of anilines is 1. The van der Waals surface area contributed by atoms with Gasteiger partial charge in [0.05, 0.1) is 10.0 Å². The first-order valence-corrected chi connectivity index (χ1v) is 9.76. The fourth-order valence-corrected chi connectivity index (χ4v) is 3.36. The molecule has 0 aliphatic carbocycles. The summed E-state index contributed by atoms with van der Waals surface area (Å²) in [4.78, 5) is 22.0. The number of aliphatic hydroxyl groups is 1. The number of carbonyl (C=O) groups excluding carboxylic acids is 1. The number of aliphatic carboxylic acids is 1. The van der Waals surface area contributed by atoms with E-state index < -0.39 is 18.0 Å². The molecular formula is C21H14Cl3NO6. The molecule has 7 nitrogen and oxygen atoms in total. The molecule has 0 bridgehead atoms. The minimum absolute atomic E-state index is 0.000985. The Hall–Kier alpha value is -2.97. The number of phenols is 1. The highest BCUT2D eigenvalue weighted by molar-refractivity contribution is 6.39. The number of aliphatic hydroxyl groups excluding tert-OH is 1. The van der Waals surface area contributed by atoms with Crippen LogP contribution in [0.4, 0.5) is 5.69 Å². The van der Waals surface area contributed by atoms with E-state index in [4.69, 9.17) is 44.6 Å². The number of amides is 1. The molecule has 0 aliphatic rings. The molecule has 3 aromatic carbocycles. The Morgan fingerprint density at radius 3 is 2.13 bits per heavy atom. The maximum Gasteiger partial charge on any atom is 0.394 e. The van der Waals surface area contributed by atoms with Crippen molar-refractivity contribution in [3.63, 3.8) is 0 Å². The molecule has 1 unspecified atom stereocenters. The molecule has 31 heavy (non-hydrogen) atoms. The summed E-state index contributed by atoms with van der Waals surface area (Å²) in [6.07, 6.45) is -1.15. The Kier molecular flexibility index (Phi) is 6.92. The van der Waals surface area contributed by atoms with Gasteiger partial charge < -0.3 is 25.4 Å². The minimum atomic E-state index is -1.66. The van der Waals surface area contributed by atoms with Crippen LogP contribution in [0.1, 0.15) is 17.2 Å². The predicted molar refractivity (Wildman–Crippen MR) is 116 cm³/mol. The van der Waals surface area contributed by atoms with Crippen LogP contribution in [0.15, 0.2) is 54.6 Å². The molecule has 3 rings (SSSR count). The van der Waals surface area contributed by atoms with Crippen molar-refractivity contribution in [1.82, 2.24) is 0 Å². The first-order chi connectivity index (χ1) is 14.7. The number of carbonyl (C=O) groups is 2. The number of benzene rings is 3. The summed E-state index contributed by atoms with van der Waals surface area (Å²) >= 11 is 18.2. The first-order valence-electron chi connectivity index (χ1n) is 8.63. The number of hydrogen-bond acceptors (Lipinski definition) is 5. The van der Waals surface area contributed by atoms with Gasteiger partial charge in [-0.3, -0.25) is 4.79 Å². The molecule has 0 saturated carbocycles. The zero-order valence-corrected chi connectivity index (χ0v) is 17.7. The third kappa shape index (κ3) is 5.39. The minimum Gasteiger partial charge on any atom is -0.508 e. The van der Waals surface area contributed by atoms with E-state index in [0.29, 0.717) is 10.6 Å². The molecule has 4 N–H and O–H groups in total. The lowest BCUT2D eigenvalue weighted by molar-refractivity contribution is -0.147. The Morgan fingerprint density at radius 2 is 1.55 bits per heavy atom. The number of ether oxygens (including phenoxy) is 1. The van der Waals surface area contributed by atoms with Gasteiger partial charge in [0, 0.05) is 16.3 Å². The number of carboxylic acids is 1. The van der Waals surface area contributed by atoms with Crippen LogP contribution in [0.2, 0.25) is 15.1 Å². The van der Waals surface area contributed by atoms with E-state index in [1.54, 1.807) is 24.3 Å². The predicted octanol–water partition coefficient (Wildman–Crippen LogP) is 5.25. The second-order valence-corrected chi connectivity index (χ2v) is 7.56. The summed E-state index contributed by atoms with van der Waals surface area (Å²) in [5.41, 5.74) is 0.753. The van der Waals surface area contributed by atoms with Gasteiger partial charge in [0.15, 0.2) is 5.75 Å². The standard InChI is InChI=1S/C21H14Cl3NO6/c22-11-3-1-10(2-4-11)18(27)14-9-13(5-6-17(14)26)31-19-15(23)7-12(8-16(19)24)25-20(28)21(29)30/h1-9,18,26-27H,(H,25,28)(H,29,30). The molecule has 0 aliphatic heterocycles. The molecule has 1 atom stereocenters. The largest absolute Gasteiger partial charge is 0.508 e. The Morgan fingerprint density at radius 1 is 0.935 bits per heavy atom. The van der Waals surface area contributed by atoms with Crippen molar-refractivity contribution in [3.05, 3.63) is 80.8 Å². The Bertz CT molecular complexity index is 1130. The van der Waals surface area contributed by atoms with Gasteiger partial charge in [-0.05, 0) is 48.0 Å². The van der Waals surface area contributed by atoms with Crippen LogP contribution in [0.5, 0.6) is 17.2 Å². The summed E-state index contributed by atoms with van der Waals surface area (Å²) < 4.78 is 5.71. The molecule has 0 radical (unpaired) electrons. The average Bonchev–Trinajstić information content (AvgIpc) is 2.72. The molecule has 0 spiro atoms. The smallest absolute Gasteiger partial charge is 0.394 e. The molecule has 3 aromatic rings. The van der Waals surface area contributed by atoms with Gasteiger partial charge >= 0.3 is 11.9 Å². The normalized spacial score (nSPS) is 11.6. The third-order valence-electron chi connectivity index (χ3n) is 4.15. The van der Waals surface area contributed by atoms with Crippen LogP contribution >= 0.6 is 34.8 Å². The van der Waals surface area contributed by atoms with E-state index in [1.165, 1.54) is 30.3 Å². The van der Waals surface area contributed by atoms with Gasteiger partial charge in [-0.2, -0.15) is 0 Å². The van der Waals surface area contributed by atoms with Gasteiger partial charge in [-0.25, -0.2) is 4.79 Å². The van der Waals surface area contributed by atoms with E-state index in [1.807, 2.05) is 0 Å². The number of aromatic hydroxyl groups is 1. The third-order valence-corrected chi connectivity index (χ3v) is 4.96. The van der Waals surface area contributed by atoms with Gasteiger partial charge in [0.2, 0.25) is 0 Å². The van der Waals surface area contributed by atoms with Crippen molar-refractivity contribution in [2.24, 2.45) is 0 Å². The molecule has 0 heterocycles. The van der Waals surface area contributed by atoms with Gasteiger partial charge in [-0.15, -0.1) is 0 Å². The SMILES string of the molecule is O=C(O)C(=O)Nc1cc(Cl)c(Oc2ccc(O)c(C(O)c3ccc(Cl)cc3)c2)c(Cl)c1. The lowest BCUT2D eigenvalue weighted by atomic mass is 10.0. The van der Waals surface area contributed by atoms with Gasteiger partial charge in [0.25, 0.3) is 0 Å². The van der Waals surface area contributed by atoms with Crippen molar-refractivity contribution in [1.29, 1.82) is 0 Å². The Balaban J connectivity index is 1.88. The highest BCUT2D eigenvalue weighted by atomic mass is 35.5. The zero-order chi connectivity index (χ0) is 22.7. The van der Waals surface area contributed by atoms with Crippen LogP contribution in [0, 0.1) is 0 Å². The van der Waals surface area contributed by atoms with E-state index >= 15 is 0 Å². The molecule has 1 amide bonds.